The van der Waals surface area contributed by atoms with Crippen LogP contribution in [0.15, 0.2) is 70.3 Å². The first-order chi connectivity index (χ1) is 14.0. The van der Waals surface area contributed by atoms with E-state index >= 15 is 0 Å². The average Bonchev–Trinajstić information content (AvgIpc) is 2.98. The summed E-state index contributed by atoms with van der Waals surface area (Å²) in [5.41, 5.74) is 3.03. The predicted octanol–water partition coefficient (Wildman–Crippen LogP) is 4.29. The van der Waals surface area contributed by atoms with E-state index in [2.05, 4.69) is 0 Å². The number of carbonyl (C=O) groups is 2. The van der Waals surface area contributed by atoms with E-state index in [0.717, 1.165) is 21.8 Å². The van der Waals surface area contributed by atoms with Gasteiger partial charge in [-0.1, -0.05) is 24.3 Å². The molecular formula is C23H23NO4S. The van der Waals surface area contributed by atoms with Crippen molar-refractivity contribution < 1.29 is 19.1 Å². The number of thioether (sulfide) groups is 1. The van der Waals surface area contributed by atoms with Gasteiger partial charge in [0.05, 0.1) is 31.9 Å². The van der Waals surface area contributed by atoms with Crippen LogP contribution in [0.3, 0.4) is 0 Å². The van der Waals surface area contributed by atoms with Gasteiger partial charge >= 0.3 is 5.97 Å². The standard InChI is InChI=1S/C23H23NO4S/c1-15-21(23(26)28-3)20(13-16-7-11-19(29-4)12-8-16)22(25)24(15)14-17-5-9-18(27-2)10-6-17/h5-13H,14H2,1-4H3. The molecule has 1 amide bonds. The van der Waals surface area contributed by atoms with Crippen LogP contribution in [0.25, 0.3) is 6.08 Å². The molecule has 0 bridgehead atoms. The minimum atomic E-state index is -0.514. The molecular weight excluding hydrogens is 386 g/mol. The quantitative estimate of drug-likeness (QED) is 0.405. The fraction of sp³-hybridized carbons (Fsp3) is 0.217. The maximum absolute atomic E-state index is 13.2. The number of benzene rings is 2. The van der Waals surface area contributed by atoms with Crippen LogP contribution in [0, 0.1) is 0 Å². The molecule has 0 atom stereocenters. The van der Waals surface area contributed by atoms with E-state index in [0.29, 0.717) is 23.4 Å². The zero-order valence-electron chi connectivity index (χ0n) is 16.9. The number of rotatable bonds is 6. The predicted molar refractivity (Wildman–Crippen MR) is 114 cm³/mol. The Hall–Kier alpha value is -2.99. The van der Waals surface area contributed by atoms with Crippen molar-refractivity contribution in [2.45, 2.75) is 18.4 Å². The molecule has 0 saturated carbocycles. The van der Waals surface area contributed by atoms with Gasteiger partial charge in [0.15, 0.2) is 0 Å². The molecule has 0 spiro atoms. The molecule has 3 rings (SSSR count). The van der Waals surface area contributed by atoms with Gasteiger partial charge in [-0.2, -0.15) is 0 Å². The van der Waals surface area contributed by atoms with Gasteiger partial charge in [0.25, 0.3) is 5.91 Å². The van der Waals surface area contributed by atoms with Crippen LogP contribution < -0.4 is 4.74 Å². The number of carbonyl (C=O) groups excluding carboxylic acids is 2. The van der Waals surface area contributed by atoms with E-state index in [1.807, 2.05) is 54.8 Å². The zero-order valence-corrected chi connectivity index (χ0v) is 17.7. The van der Waals surface area contributed by atoms with Crippen molar-refractivity contribution in [3.05, 3.63) is 76.5 Å². The van der Waals surface area contributed by atoms with Crippen LogP contribution in [0.4, 0.5) is 0 Å². The van der Waals surface area contributed by atoms with E-state index in [9.17, 15) is 9.59 Å². The Morgan fingerprint density at radius 3 is 2.28 bits per heavy atom. The van der Waals surface area contributed by atoms with Crippen molar-refractivity contribution in [2.24, 2.45) is 0 Å². The largest absolute Gasteiger partial charge is 0.497 e. The van der Waals surface area contributed by atoms with E-state index in [1.54, 1.807) is 36.8 Å². The second kappa shape index (κ2) is 9.01. The van der Waals surface area contributed by atoms with E-state index in [1.165, 1.54) is 7.11 Å². The highest BCUT2D eigenvalue weighted by Crippen LogP contribution is 2.33. The zero-order chi connectivity index (χ0) is 21.0. The van der Waals surface area contributed by atoms with E-state index < -0.39 is 5.97 Å². The fourth-order valence-corrected chi connectivity index (χ4v) is 3.61. The van der Waals surface area contributed by atoms with Gasteiger partial charge in [0.2, 0.25) is 0 Å². The third-order valence-electron chi connectivity index (χ3n) is 4.83. The van der Waals surface area contributed by atoms with Gasteiger partial charge in [-0.25, -0.2) is 4.79 Å². The van der Waals surface area contributed by atoms with E-state index in [4.69, 9.17) is 9.47 Å². The first kappa shape index (κ1) is 20.7. The molecule has 6 heteroatoms. The van der Waals surface area contributed by atoms with Crippen LogP contribution in [0.5, 0.6) is 5.75 Å². The second-order valence-corrected chi connectivity index (χ2v) is 7.40. The van der Waals surface area contributed by atoms with Crippen LogP contribution in [-0.4, -0.2) is 37.3 Å². The number of ether oxygens (including phenoxy) is 2. The molecule has 1 heterocycles. The lowest BCUT2D eigenvalue weighted by molar-refractivity contribution is -0.136. The summed E-state index contributed by atoms with van der Waals surface area (Å²) in [4.78, 5) is 28.4. The summed E-state index contributed by atoms with van der Waals surface area (Å²) in [7, 11) is 2.93. The molecule has 1 aliphatic rings. The smallest absolute Gasteiger partial charge is 0.340 e. The maximum Gasteiger partial charge on any atom is 0.340 e. The third kappa shape index (κ3) is 4.38. The first-order valence-electron chi connectivity index (χ1n) is 9.08. The van der Waals surface area contributed by atoms with Crippen molar-refractivity contribution in [1.29, 1.82) is 0 Å². The Bertz CT molecular complexity index is 975. The summed E-state index contributed by atoms with van der Waals surface area (Å²) in [5, 5.41) is 0. The highest BCUT2D eigenvalue weighted by Gasteiger charge is 2.36. The lowest BCUT2D eigenvalue weighted by atomic mass is 10.0. The number of nitrogens with zero attached hydrogens (tertiary/aromatic N) is 1. The highest BCUT2D eigenvalue weighted by atomic mass is 32.2. The molecule has 0 saturated heterocycles. The lowest BCUT2D eigenvalue weighted by Crippen LogP contribution is -2.24. The van der Waals surface area contributed by atoms with Crippen molar-refractivity contribution in [2.75, 3.05) is 20.5 Å². The topological polar surface area (TPSA) is 55.8 Å². The normalized spacial score (nSPS) is 15.2. The Balaban J connectivity index is 1.96. The van der Waals surface area contributed by atoms with Crippen LogP contribution in [-0.2, 0) is 20.9 Å². The number of hydrogen-bond donors (Lipinski definition) is 0. The molecule has 1 aliphatic heterocycles. The van der Waals surface area contributed by atoms with Crippen molar-refractivity contribution in [1.82, 2.24) is 4.90 Å². The van der Waals surface area contributed by atoms with Gasteiger partial charge < -0.3 is 14.4 Å². The Morgan fingerprint density at radius 1 is 1.07 bits per heavy atom. The molecule has 0 aromatic heterocycles. The minimum absolute atomic E-state index is 0.215. The molecule has 0 radical (unpaired) electrons. The van der Waals surface area contributed by atoms with Crippen LogP contribution in [0.2, 0.25) is 0 Å². The molecule has 2 aromatic rings. The van der Waals surface area contributed by atoms with E-state index in [-0.39, 0.29) is 5.91 Å². The minimum Gasteiger partial charge on any atom is -0.497 e. The monoisotopic (exact) mass is 409 g/mol. The van der Waals surface area contributed by atoms with Crippen molar-refractivity contribution >= 4 is 29.7 Å². The second-order valence-electron chi connectivity index (χ2n) is 6.52. The van der Waals surface area contributed by atoms with Crippen molar-refractivity contribution in [3.8, 4) is 5.75 Å². The SMILES string of the molecule is COC(=O)C1=C(C)N(Cc2ccc(OC)cc2)C(=O)C1=Cc1ccc(SC)cc1. The molecule has 5 nitrogen and oxygen atoms in total. The highest BCUT2D eigenvalue weighted by molar-refractivity contribution is 7.98. The van der Waals surface area contributed by atoms with Gasteiger partial charge in [0, 0.05) is 10.6 Å². The maximum atomic E-state index is 13.2. The average molecular weight is 410 g/mol. The van der Waals surface area contributed by atoms with Gasteiger partial charge in [-0.3, -0.25) is 4.79 Å². The summed E-state index contributed by atoms with van der Waals surface area (Å²) >= 11 is 1.65. The lowest BCUT2D eigenvalue weighted by Gasteiger charge is -2.18. The number of amides is 1. The summed E-state index contributed by atoms with van der Waals surface area (Å²) in [6.45, 7) is 2.13. The first-order valence-corrected chi connectivity index (χ1v) is 10.3. The molecule has 0 N–H and O–H groups in total. The van der Waals surface area contributed by atoms with Gasteiger partial charge in [-0.15, -0.1) is 11.8 Å². The number of allylic oxidation sites excluding steroid dienone is 1. The molecule has 0 unspecified atom stereocenters. The Morgan fingerprint density at radius 2 is 1.72 bits per heavy atom. The van der Waals surface area contributed by atoms with Crippen LogP contribution in [0.1, 0.15) is 18.1 Å². The van der Waals surface area contributed by atoms with Crippen LogP contribution >= 0.6 is 11.8 Å². The summed E-state index contributed by atoms with van der Waals surface area (Å²) in [6.07, 6.45) is 3.75. The fourth-order valence-electron chi connectivity index (χ4n) is 3.20. The van der Waals surface area contributed by atoms with Crippen molar-refractivity contribution in [3.63, 3.8) is 0 Å². The summed E-state index contributed by atoms with van der Waals surface area (Å²) in [5.74, 6) is 0.0195. The Kier molecular flexibility index (Phi) is 6.44. The molecule has 150 valence electrons. The number of hydrogen-bond acceptors (Lipinski definition) is 5. The van der Waals surface area contributed by atoms with Gasteiger partial charge in [0.1, 0.15) is 5.75 Å². The summed E-state index contributed by atoms with van der Waals surface area (Å²) < 4.78 is 10.1. The molecule has 0 aliphatic carbocycles. The molecule has 0 fully saturated rings. The third-order valence-corrected chi connectivity index (χ3v) is 5.57. The molecule has 29 heavy (non-hydrogen) atoms. The van der Waals surface area contributed by atoms with Gasteiger partial charge in [-0.05, 0) is 54.6 Å². The Labute approximate surface area is 175 Å². The number of esters is 1. The number of methoxy groups -OCH3 is 2. The molecule has 2 aromatic carbocycles. The summed E-state index contributed by atoms with van der Waals surface area (Å²) in [6, 6.07) is 15.3.